The predicted octanol–water partition coefficient (Wildman–Crippen LogP) is 4.28. The fraction of sp³-hybridized carbons (Fsp3) is 0.0588. The maximum Gasteiger partial charge on any atom is 0.244 e. The van der Waals surface area contributed by atoms with Crippen LogP contribution in [0.5, 0.6) is 0 Å². The standard InChI is InChI=1S/C17H13BrClN3O/c18-12-7-5-11(6-8-12)9-16(23)22-20-10-14-13-3-1-2-4-15(13)21-17(14)19/h1-8,10,21H,9H2,(H,22,23). The zero-order chi connectivity index (χ0) is 16.2. The van der Waals surface area contributed by atoms with Crippen LogP contribution >= 0.6 is 27.5 Å². The lowest BCUT2D eigenvalue weighted by molar-refractivity contribution is -0.120. The minimum Gasteiger partial charge on any atom is -0.345 e. The van der Waals surface area contributed by atoms with E-state index in [-0.39, 0.29) is 12.3 Å². The molecule has 0 aliphatic heterocycles. The molecule has 0 saturated heterocycles. The van der Waals surface area contributed by atoms with E-state index >= 15 is 0 Å². The van der Waals surface area contributed by atoms with E-state index in [2.05, 4.69) is 31.4 Å². The van der Waals surface area contributed by atoms with Gasteiger partial charge in [-0.25, -0.2) is 5.43 Å². The molecule has 3 rings (SSSR count). The Kier molecular flexibility index (Phi) is 4.79. The van der Waals surface area contributed by atoms with Crippen LogP contribution in [-0.2, 0) is 11.2 Å². The summed E-state index contributed by atoms with van der Waals surface area (Å²) in [5.41, 5.74) is 5.13. The summed E-state index contributed by atoms with van der Waals surface area (Å²) in [7, 11) is 0. The number of benzene rings is 2. The fourth-order valence-electron chi connectivity index (χ4n) is 2.25. The quantitative estimate of drug-likeness (QED) is 0.507. The maximum atomic E-state index is 11.9. The van der Waals surface area contributed by atoms with Gasteiger partial charge >= 0.3 is 0 Å². The molecule has 116 valence electrons. The number of nitrogens with one attached hydrogen (secondary N) is 2. The first kappa shape index (κ1) is 15.8. The van der Waals surface area contributed by atoms with Crippen molar-refractivity contribution in [1.29, 1.82) is 0 Å². The smallest absolute Gasteiger partial charge is 0.244 e. The van der Waals surface area contributed by atoms with E-state index in [1.807, 2.05) is 48.5 Å². The molecule has 1 aromatic heterocycles. The van der Waals surface area contributed by atoms with Crippen LogP contribution in [0.25, 0.3) is 10.9 Å². The van der Waals surface area contributed by atoms with E-state index < -0.39 is 0 Å². The lowest BCUT2D eigenvalue weighted by Gasteiger charge is -2.00. The van der Waals surface area contributed by atoms with E-state index in [0.717, 1.165) is 26.5 Å². The summed E-state index contributed by atoms with van der Waals surface area (Å²) in [6, 6.07) is 15.3. The molecule has 0 aliphatic carbocycles. The van der Waals surface area contributed by atoms with Crippen molar-refractivity contribution in [2.75, 3.05) is 0 Å². The summed E-state index contributed by atoms with van der Waals surface area (Å²) < 4.78 is 0.980. The number of amides is 1. The van der Waals surface area contributed by atoms with Crippen molar-refractivity contribution >= 4 is 50.6 Å². The van der Waals surface area contributed by atoms with Gasteiger partial charge in [0, 0.05) is 20.9 Å². The Labute approximate surface area is 146 Å². The summed E-state index contributed by atoms with van der Waals surface area (Å²) in [5, 5.41) is 5.46. The third-order valence-corrected chi connectivity index (χ3v) is 4.19. The Balaban J connectivity index is 1.67. The van der Waals surface area contributed by atoms with E-state index in [9.17, 15) is 4.79 Å². The third-order valence-electron chi connectivity index (χ3n) is 3.36. The summed E-state index contributed by atoms with van der Waals surface area (Å²) in [6.07, 6.45) is 1.83. The SMILES string of the molecule is O=C(Cc1ccc(Br)cc1)NN=Cc1c(Cl)[nH]c2ccccc12. The van der Waals surface area contributed by atoms with Gasteiger partial charge in [-0.2, -0.15) is 5.10 Å². The van der Waals surface area contributed by atoms with Crippen LogP contribution in [0.2, 0.25) is 5.15 Å². The van der Waals surface area contributed by atoms with E-state index in [1.54, 1.807) is 6.21 Å². The number of para-hydroxylation sites is 1. The number of nitrogens with zero attached hydrogens (tertiary/aromatic N) is 1. The highest BCUT2D eigenvalue weighted by atomic mass is 79.9. The van der Waals surface area contributed by atoms with Crippen molar-refractivity contribution in [3.63, 3.8) is 0 Å². The summed E-state index contributed by atoms with van der Waals surface area (Å²) in [4.78, 5) is 15.0. The zero-order valence-corrected chi connectivity index (χ0v) is 14.4. The molecular weight excluding hydrogens is 378 g/mol. The zero-order valence-electron chi connectivity index (χ0n) is 12.0. The molecule has 0 unspecified atom stereocenters. The van der Waals surface area contributed by atoms with Crippen LogP contribution in [0.15, 0.2) is 58.1 Å². The summed E-state index contributed by atoms with van der Waals surface area (Å²) in [6.45, 7) is 0. The number of H-pyrrole nitrogens is 1. The van der Waals surface area contributed by atoms with Crippen molar-refractivity contribution in [2.24, 2.45) is 5.10 Å². The minimum atomic E-state index is -0.181. The van der Waals surface area contributed by atoms with Crippen LogP contribution in [0.3, 0.4) is 0 Å². The topological polar surface area (TPSA) is 57.2 Å². The summed E-state index contributed by atoms with van der Waals surface area (Å²) >= 11 is 9.53. The van der Waals surface area contributed by atoms with Gasteiger partial charge in [0.2, 0.25) is 5.91 Å². The largest absolute Gasteiger partial charge is 0.345 e. The second kappa shape index (κ2) is 6.98. The number of fused-ring (bicyclic) bond motifs is 1. The number of carbonyl (C=O) groups is 1. The number of halogens is 2. The van der Waals surface area contributed by atoms with Crippen molar-refractivity contribution < 1.29 is 4.79 Å². The number of rotatable bonds is 4. The Morgan fingerprint density at radius 1 is 1.22 bits per heavy atom. The van der Waals surface area contributed by atoms with Crippen LogP contribution in [0.1, 0.15) is 11.1 Å². The van der Waals surface area contributed by atoms with E-state index in [1.165, 1.54) is 0 Å². The average molecular weight is 391 g/mol. The molecule has 2 aromatic carbocycles. The average Bonchev–Trinajstić information content (AvgIpc) is 2.86. The molecule has 0 saturated carbocycles. The molecular formula is C17H13BrClN3O. The Hall–Kier alpha value is -2.11. The highest BCUT2D eigenvalue weighted by molar-refractivity contribution is 9.10. The molecule has 0 fully saturated rings. The molecule has 0 radical (unpaired) electrons. The normalized spacial score (nSPS) is 11.2. The van der Waals surface area contributed by atoms with E-state index in [0.29, 0.717) is 5.15 Å². The minimum absolute atomic E-state index is 0.181. The highest BCUT2D eigenvalue weighted by Crippen LogP contribution is 2.24. The number of aromatic amines is 1. The molecule has 6 heteroatoms. The van der Waals surface area contributed by atoms with Gasteiger partial charge in [0.1, 0.15) is 5.15 Å². The van der Waals surface area contributed by atoms with Gasteiger partial charge in [-0.1, -0.05) is 57.9 Å². The lowest BCUT2D eigenvalue weighted by Crippen LogP contribution is -2.19. The number of hydrogen-bond donors (Lipinski definition) is 2. The maximum absolute atomic E-state index is 11.9. The van der Waals surface area contributed by atoms with Crippen molar-refractivity contribution in [3.05, 3.63) is 69.3 Å². The molecule has 4 nitrogen and oxygen atoms in total. The number of hydrazone groups is 1. The van der Waals surface area contributed by atoms with Gasteiger partial charge in [0.15, 0.2) is 0 Å². The van der Waals surface area contributed by atoms with Crippen LogP contribution in [0, 0.1) is 0 Å². The Morgan fingerprint density at radius 3 is 2.74 bits per heavy atom. The van der Waals surface area contributed by atoms with Gasteiger partial charge in [-0.3, -0.25) is 4.79 Å². The van der Waals surface area contributed by atoms with Gasteiger partial charge in [-0.05, 0) is 23.8 Å². The Morgan fingerprint density at radius 2 is 1.96 bits per heavy atom. The molecule has 0 spiro atoms. The second-order valence-electron chi connectivity index (χ2n) is 4.99. The number of carbonyl (C=O) groups excluding carboxylic acids is 1. The van der Waals surface area contributed by atoms with Crippen molar-refractivity contribution in [3.8, 4) is 0 Å². The Bertz CT molecular complexity index is 871. The molecule has 1 heterocycles. The monoisotopic (exact) mass is 389 g/mol. The van der Waals surface area contributed by atoms with Crippen LogP contribution in [0.4, 0.5) is 0 Å². The third kappa shape index (κ3) is 3.81. The van der Waals surface area contributed by atoms with Gasteiger partial charge in [0.05, 0.1) is 12.6 Å². The molecule has 0 atom stereocenters. The second-order valence-corrected chi connectivity index (χ2v) is 6.29. The molecule has 3 aromatic rings. The number of hydrogen-bond acceptors (Lipinski definition) is 2. The summed E-state index contributed by atoms with van der Waals surface area (Å²) in [5.74, 6) is -0.181. The first-order chi connectivity index (χ1) is 11.1. The van der Waals surface area contributed by atoms with Gasteiger partial charge in [0.25, 0.3) is 0 Å². The van der Waals surface area contributed by atoms with E-state index in [4.69, 9.17) is 11.6 Å². The molecule has 2 N–H and O–H groups in total. The highest BCUT2D eigenvalue weighted by Gasteiger charge is 2.07. The van der Waals surface area contributed by atoms with Crippen molar-refractivity contribution in [2.45, 2.75) is 6.42 Å². The van der Waals surface area contributed by atoms with Crippen LogP contribution in [-0.4, -0.2) is 17.1 Å². The first-order valence-corrected chi connectivity index (χ1v) is 8.13. The van der Waals surface area contributed by atoms with Crippen molar-refractivity contribution in [1.82, 2.24) is 10.4 Å². The molecule has 1 amide bonds. The first-order valence-electron chi connectivity index (χ1n) is 6.96. The van der Waals surface area contributed by atoms with Gasteiger partial charge < -0.3 is 4.98 Å². The molecule has 0 aliphatic rings. The predicted molar refractivity (Wildman–Crippen MR) is 96.9 cm³/mol. The lowest BCUT2D eigenvalue weighted by atomic mass is 10.1. The van der Waals surface area contributed by atoms with Crippen LogP contribution < -0.4 is 5.43 Å². The molecule has 23 heavy (non-hydrogen) atoms. The fourth-order valence-corrected chi connectivity index (χ4v) is 2.77. The molecule has 0 bridgehead atoms. The van der Waals surface area contributed by atoms with Gasteiger partial charge in [-0.15, -0.1) is 0 Å². The number of aromatic nitrogens is 1.